The number of benzene rings is 2. The van der Waals surface area contributed by atoms with E-state index in [1.807, 2.05) is 54.6 Å². The fourth-order valence-electron chi connectivity index (χ4n) is 3.03. The van der Waals surface area contributed by atoms with Gasteiger partial charge in [-0.05, 0) is 29.8 Å². The summed E-state index contributed by atoms with van der Waals surface area (Å²) in [4.78, 5) is 26.1. The Balaban J connectivity index is 1.48. The molecule has 2 aromatic rings. The van der Waals surface area contributed by atoms with Crippen LogP contribution in [0.25, 0.3) is 0 Å². The Kier molecular flexibility index (Phi) is 5.33. The van der Waals surface area contributed by atoms with E-state index in [1.54, 1.807) is 12.0 Å². The molecule has 130 valence electrons. The Hall–Kier alpha value is -2.82. The number of carbonyl (C=O) groups is 2. The minimum atomic E-state index is -0.0317. The van der Waals surface area contributed by atoms with Gasteiger partial charge in [0.05, 0.1) is 13.5 Å². The highest BCUT2D eigenvalue weighted by molar-refractivity contribution is 5.95. The van der Waals surface area contributed by atoms with Crippen molar-refractivity contribution in [3.63, 3.8) is 0 Å². The third kappa shape index (κ3) is 4.38. The van der Waals surface area contributed by atoms with E-state index in [1.165, 1.54) is 0 Å². The molecule has 1 heterocycles. The van der Waals surface area contributed by atoms with Crippen LogP contribution < -0.4 is 15.0 Å². The molecule has 0 bridgehead atoms. The molecule has 1 atom stereocenters. The van der Waals surface area contributed by atoms with Crippen LogP contribution in [0.3, 0.4) is 0 Å². The molecule has 0 spiro atoms. The lowest BCUT2D eigenvalue weighted by atomic mass is 10.1. The van der Waals surface area contributed by atoms with Crippen LogP contribution >= 0.6 is 0 Å². The van der Waals surface area contributed by atoms with Gasteiger partial charge in [0.2, 0.25) is 11.8 Å². The zero-order valence-electron chi connectivity index (χ0n) is 14.3. The maximum atomic E-state index is 12.2. The molecule has 0 unspecified atom stereocenters. The Morgan fingerprint density at radius 1 is 1.16 bits per heavy atom. The Labute approximate surface area is 147 Å². The minimum Gasteiger partial charge on any atom is -0.497 e. The van der Waals surface area contributed by atoms with E-state index in [4.69, 9.17) is 4.74 Å². The molecule has 1 aliphatic rings. The second-order valence-corrected chi connectivity index (χ2v) is 6.24. The van der Waals surface area contributed by atoms with Crippen LogP contribution in [-0.2, 0) is 16.0 Å². The first kappa shape index (κ1) is 17.0. The van der Waals surface area contributed by atoms with E-state index in [2.05, 4.69) is 5.32 Å². The second-order valence-electron chi connectivity index (χ2n) is 6.24. The quantitative estimate of drug-likeness (QED) is 0.880. The van der Waals surface area contributed by atoms with E-state index >= 15 is 0 Å². The van der Waals surface area contributed by atoms with Crippen molar-refractivity contribution in [2.45, 2.75) is 12.8 Å². The first-order chi connectivity index (χ1) is 12.2. The summed E-state index contributed by atoms with van der Waals surface area (Å²) >= 11 is 0. The van der Waals surface area contributed by atoms with Crippen LogP contribution in [0, 0.1) is 5.92 Å². The van der Waals surface area contributed by atoms with Crippen molar-refractivity contribution in [3.05, 3.63) is 60.2 Å². The molecule has 1 fully saturated rings. The predicted octanol–water partition coefficient (Wildman–Crippen LogP) is 2.41. The third-order valence-electron chi connectivity index (χ3n) is 4.38. The molecular formula is C20H22N2O3. The molecule has 0 saturated carbocycles. The Bertz CT molecular complexity index is 728. The normalized spacial score (nSPS) is 16.8. The Morgan fingerprint density at radius 3 is 2.56 bits per heavy atom. The van der Waals surface area contributed by atoms with Gasteiger partial charge in [-0.15, -0.1) is 0 Å². The van der Waals surface area contributed by atoms with E-state index in [0.29, 0.717) is 25.9 Å². The van der Waals surface area contributed by atoms with E-state index in [0.717, 1.165) is 17.0 Å². The number of anilines is 1. The van der Waals surface area contributed by atoms with Crippen molar-refractivity contribution in [1.29, 1.82) is 0 Å². The van der Waals surface area contributed by atoms with Gasteiger partial charge in [-0.3, -0.25) is 9.59 Å². The van der Waals surface area contributed by atoms with Crippen LogP contribution in [0.2, 0.25) is 0 Å². The highest BCUT2D eigenvalue weighted by Gasteiger charge is 2.30. The Morgan fingerprint density at radius 2 is 1.88 bits per heavy atom. The zero-order chi connectivity index (χ0) is 17.6. The van der Waals surface area contributed by atoms with Crippen LogP contribution in [0.1, 0.15) is 12.0 Å². The number of carbonyl (C=O) groups excluding carboxylic acids is 2. The smallest absolute Gasteiger partial charge is 0.227 e. The highest BCUT2D eigenvalue weighted by Crippen LogP contribution is 2.24. The van der Waals surface area contributed by atoms with Gasteiger partial charge in [-0.25, -0.2) is 0 Å². The van der Waals surface area contributed by atoms with Crippen LogP contribution in [0.15, 0.2) is 54.6 Å². The SMILES string of the molecule is COc1ccc(CC(=O)NC[C@H]2CC(=O)N(c3ccccc3)C2)cc1. The van der Waals surface area contributed by atoms with Gasteiger partial charge in [-0.1, -0.05) is 30.3 Å². The van der Waals surface area contributed by atoms with E-state index < -0.39 is 0 Å². The molecule has 0 aromatic heterocycles. The van der Waals surface area contributed by atoms with Crippen molar-refractivity contribution in [2.24, 2.45) is 5.92 Å². The number of ether oxygens (including phenoxy) is 1. The summed E-state index contributed by atoms with van der Waals surface area (Å²) < 4.78 is 5.11. The lowest BCUT2D eigenvalue weighted by molar-refractivity contribution is -0.121. The van der Waals surface area contributed by atoms with Gasteiger partial charge in [0, 0.05) is 31.1 Å². The largest absolute Gasteiger partial charge is 0.497 e. The van der Waals surface area contributed by atoms with Crippen LogP contribution in [0.4, 0.5) is 5.69 Å². The molecule has 5 heteroatoms. The topological polar surface area (TPSA) is 58.6 Å². The van der Waals surface area contributed by atoms with Crippen molar-refractivity contribution in [3.8, 4) is 5.75 Å². The molecular weight excluding hydrogens is 316 g/mol. The fourth-order valence-corrected chi connectivity index (χ4v) is 3.03. The first-order valence-electron chi connectivity index (χ1n) is 8.41. The van der Waals surface area contributed by atoms with E-state index in [9.17, 15) is 9.59 Å². The molecule has 1 aliphatic heterocycles. The summed E-state index contributed by atoms with van der Waals surface area (Å²) in [7, 11) is 1.61. The lowest BCUT2D eigenvalue weighted by Gasteiger charge is -2.16. The number of hydrogen-bond donors (Lipinski definition) is 1. The van der Waals surface area contributed by atoms with Crippen LogP contribution in [0.5, 0.6) is 5.75 Å². The molecule has 25 heavy (non-hydrogen) atoms. The van der Waals surface area contributed by atoms with Gasteiger partial charge < -0.3 is 15.0 Å². The molecule has 0 radical (unpaired) electrons. The molecule has 1 N–H and O–H groups in total. The number of nitrogens with one attached hydrogen (secondary N) is 1. The molecule has 2 amide bonds. The maximum absolute atomic E-state index is 12.2. The third-order valence-corrected chi connectivity index (χ3v) is 4.38. The fraction of sp³-hybridized carbons (Fsp3) is 0.300. The van der Waals surface area contributed by atoms with Crippen LogP contribution in [-0.4, -0.2) is 32.0 Å². The van der Waals surface area contributed by atoms with Crippen molar-refractivity contribution in [2.75, 3.05) is 25.1 Å². The molecule has 0 aliphatic carbocycles. The summed E-state index contributed by atoms with van der Waals surface area (Å²) in [5, 5.41) is 2.95. The number of amides is 2. The van der Waals surface area contributed by atoms with Crippen molar-refractivity contribution in [1.82, 2.24) is 5.32 Å². The molecule has 5 nitrogen and oxygen atoms in total. The average Bonchev–Trinajstić information content (AvgIpc) is 3.02. The maximum Gasteiger partial charge on any atom is 0.227 e. The number of rotatable bonds is 6. The summed E-state index contributed by atoms with van der Waals surface area (Å²) in [6.45, 7) is 1.16. The monoisotopic (exact) mass is 338 g/mol. The summed E-state index contributed by atoms with van der Waals surface area (Å²) in [6.07, 6.45) is 0.796. The highest BCUT2D eigenvalue weighted by atomic mass is 16.5. The minimum absolute atomic E-state index is 0.0317. The van der Waals surface area contributed by atoms with E-state index in [-0.39, 0.29) is 17.7 Å². The standard InChI is InChI=1S/C20H22N2O3/c1-25-18-9-7-15(8-10-18)11-19(23)21-13-16-12-20(24)22(14-16)17-5-3-2-4-6-17/h2-10,16H,11-14H2,1H3,(H,21,23)/t16-/m1/s1. The number of methoxy groups -OCH3 is 1. The van der Waals surface area contributed by atoms with Gasteiger partial charge >= 0.3 is 0 Å². The summed E-state index contributed by atoms with van der Waals surface area (Å²) in [6, 6.07) is 17.1. The van der Waals surface area contributed by atoms with Gasteiger partial charge in [0.1, 0.15) is 5.75 Å². The summed E-state index contributed by atoms with van der Waals surface area (Å²) in [5.74, 6) is 0.999. The first-order valence-corrected chi connectivity index (χ1v) is 8.41. The van der Waals surface area contributed by atoms with Crippen molar-refractivity contribution < 1.29 is 14.3 Å². The zero-order valence-corrected chi connectivity index (χ0v) is 14.3. The predicted molar refractivity (Wildman–Crippen MR) is 96.6 cm³/mol. The summed E-state index contributed by atoms with van der Waals surface area (Å²) in [5.41, 5.74) is 1.85. The number of nitrogens with zero attached hydrogens (tertiary/aromatic N) is 1. The number of para-hydroxylation sites is 1. The van der Waals surface area contributed by atoms with Gasteiger partial charge in [-0.2, -0.15) is 0 Å². The molecule has 2 aromatic carbocycles. The number of hydrogen-bond acceptors (Lipinski definition) is 3. The average molecular weight is 338 g/mol. The molecule has 3 rings (SSSR count). The van der Waals surface area contributed by atoms with Gasteiger partial charge in [0.15, 0.2) is 0 Å². The second kappa shape index (κ2) is 7.83. The lowest BCUT2D eigenvalue weighted by Crippen LogP contribution is -2.32. The van der Waals surface area contributed by atoms with Crippen molar-refractivity contribution >= 4 is 17.5 Å². The van der Waals surface area contributed by atoms with Gasteiger partial charge in [0.25, 0.3) is 0 Å². The molecule has 1 saturated heterocycles.